The molecule has 0 rings (SSSR count). The summed E-state index contributed by atoms with van der Waals surface area (Å²) >= 11 is -2.22. The lowest BCUT2D eigenvalue weighted by atomic mass is 12.0. The predicted octanol–water partition coefficient (Wildman–Crippen LogP) is -1.52. The lowest BCUT2D eigenvalue weighted by Gasteiger charge is -1.86. The van der Waals surface area contributed by atoms with Crippen LogP contribution in [0.4, 0.5) is 0 Å². The van der Waals surface area contributed by atoms with Gasteiger partial charge < -0.3 is 9.11 Å². The van der Waals surface area contributed by atoms with E-state index in [9.17, 15) is 9.11 Å². The molecule has 0 aromatic rings. The van der Waals surface area contributed by atoms with Crippen LogP contribution in [0.15, 0.2) is 0 Å². The minimum Gasteiger partial charge on any atom is -0.599 e. The second kappa shape index (κ2) is 7.54. The summed E-state index contributed by atoms with van der Waals surface area (Å²) < 4.78 is 18.7. The Kier molecular flexibility index (Phi) is 10.7. The fourth-order valence-electron chi connectivity index (χ4n) is 0. The minimum atomic E-state index is -1.11. The van der Waals surface area contributed by atoms with Crippen LogP contribution in [0.25, 0.3) is 0 Å². The van der Waals surface area contributed by atoms with Crippen LogP contribution in [0.2, 0.25) is 0 Å². The number of rotatable bonds is 0. The molecule has 0 aliphatic heterocycles. The van der Waals surface area contributed by atoms with Gasteiger partial charge in [-0.05, 0) is 0 Å². The highest BCUT2D eigenvalue weighted by Gasteiger charge is 1.67. The van der Waals surface area contributed by atoms with Crippen molar-refractivity contribution in [2.24, 2.45) is 10.3 Å². The largest absolute Gasteiger partial charge is 0.599 e. The lowest BCUT2D eigenvalue weighted by Crippen LogP contribution is -2.07. The van der Waals surface area contributed by atoms with Crippen LogP contribution in [-0.2, 0) is 22.7 Å². The fourth-order valence-corrected chi connectivity index (χ4v) is 0. The first-order chi connectivity index (χ1) is 3.46. The van der Waals surface area contributed by atoms with Crippen LogP contribution in [0.3, 0.4) is 0 Å². The molecule has 0 aromatic heterocycles. The van der Waals surface area contributed by atoms with Gasteiger partial charge in [0.2, 0.25) is 0 Å². The Morgan fingerprint density at radius 2 is 1.00 bits per heavy atom. The van der Waals surface area contributed by atoms with Gasteiger partial charge in [-0.3, -0.25) is 0 Å². The minimum absolute atomic E-state index is 1.11. The Balaban J connectivity index is 0. The highest BCUT2D eigenvalue weighted by Crippen LogP contribution is 1.52. The predicted molar refractivity (Wildman–Crippen MR) is 36.5 cm³/mol. The Morgan fingerprint density at radius 1 is 1.00 bits per heavy atom. The van der Waals surface area contributed by atoms with Crippen molar-refractivity contribution in [1.29, 1.82) is 0 Å². The Labute approximate surface area is 55.2 Å². The Hall–Kier alpha value is 0.540. The topological polar surface area (TPSA) is 98.2 Å². The summed E-state index contributed by atoms with van der Waals surface area (Å²) in [6.45, 7) is 0. The molecule has 0 amide bonds. The molecule has 0 radical (unpaired) electrons. The second-order valence-electron chi connectivity index (χ2n) is 0.997. The summed E-state index contributed by atoms with van der Waals surface area (Å²) in [6.07, 6.45) is 2.83. The lowest BCUT2D eigenvalue weighted by molar-refractivity contribution is 0.601. The third-order valence-corrected chi connectivity index (χ3v) is 0. The highest BCUT2D eigenvalue weighted by atomic mass is 32.2. The average Bonchev–Trinajstić information content (AvgIpc) is 1.25. The molecule has 0 aliphatic rings. The maximum absolute atomic E-state index is 9.33. The van der Waals surface area contributed by atoms with Gasteiger partial charge in [-0.15, -0.1) is 0 Å². The van der Waals surface area contributed by atoms with Crippen molar-refractivity contribution in [3.8, 4) is 0 Å². The van der Waals surface area contributed by atoms with Crippen molar-refractivity contribution in [2.45, 2.75) is 0 Å². The molecule has 0 spiro atoms. The molecule has 0 saturated heterocycles. The van der Waals surface area contributed by atoms with Crippen molar-refractivity contribution in [3.63, 3.8) is 0 Å². The van der Waals surface area contributed by atoms with Crippen molar-refractivity contribution < 1.29 is 9.11 Å². The summed E-state index contributed by atoms with van der Waals surface area (Å²) in [4.78, 5) is 0. The maximum Gasteiger partial charge on any atom is 0.115 e. The molecule has 8 heavy (non-hydrogen) atoms. The van der Waals surface area contributed by atoms with Gasteiger partial charge in [-0.1, -0.05) is 0 Å². The van der Waals surface area contributed by atoms with E-state index >= 15 is 0 Å². The van der Waals surface area contributed by atoms with Crippen molar-refractivity contribution in [3.05, 3.63) is 0 Å². The highest BCUT2D eigenvalue weighted by molar-refractivity contribution is 7.88. The molecule has 0 fully saturated rings. The van der Waals surface area contributed by atoms with Gasteiger partial charge in [0, 0.05) is 22.7 Å². The van der Waals surface area contributed by atoms with Crippen LogP contribution < -0.4 is 10.3 Å². The first-order valence-electron chi connectivity index (χ1n) is 1.62. The van der Waals surface area contributed by atoms with Gasteiger partial charge >= 0.3 is 0 Å². The zero-order valence-corrected chi connectivity index (χ0v) is 6.42. The monoisotopic (exact) mass is 158 g/mol. The van der Waals surface area contributed by atoms with Gasteiger partial charge in [0.15, 0.2) is 0 Å². The number of nitrogens with two attached hydrogens (primary N) is 2. The van der Waals surface area contributed by atoms with Crippen LogP contribution >= 0.6 is 0 Å². The molecule has 6 heteroatoms. The maximum atomic E-state index is 9.33. The molecule has 0 bridgehead atoms. The van der Waals surface area contributed by atoms with Crippen LogP contribution in [0, 0.1) is 0 Å². The van der Waals surface area contributed by atoms with Gasteiger partial charge in [-0.25, -0.2) is 0 Å². The molecule has 2 atom stereocenters. The van der Waals surface area contributed by atoms with Crippen LogP contribution in [-0.4, -0.2) is 21.6 Å². The molecular formula is C2H10N2O2S2. The van der Waals surface area contributed by atoms with Gasteiger partial charge in [-0.2, -0.15) is 10.3 Å². The van der Waals surface area contributed by atoms with Crippen molar-refractivity contribution in [1.82, 2.24) is 0 Å². The van der Waals surface area contributed by atoms with E-state index in [1.54, 1.807) is 0 Å². The molecule has 52 valence electrons. The van der Waals surface area contributed by atoms with Crippen LogP contribution in [0.1, 0.15) is 0 Å². The zero-order valence-electron chi connectivity index (χ0n) is 4.79. The zero-order chi connectivity index (χ0) is 7.15. The van der Waals surface area contributed by atoms with E-state index in [0.29, 0.717) is 0 Å². The molecule has 0 saturated carbocycles. The molecule has 0 aromatic carbocycles. The van der Waals surface area contributed by atoms with Crippen molar-refractivity contribution >= 4 is 22.7 Å². The summed E-state index contributed by atoms with van der Waals surface area (Å²) in [5.74, 6) is 0. The average molecular weight is 158 g/mol. The first-order valence-corrected chi connectivity index (χ1v) is 4.86. The van der Waals surface area contributed by atoms with E-state index in [2.05, 4.69) is 10.3 Å². The smallest absolute Gasteiger partial charge is 0.115 e. The van der Waals surface area contributed by atoms with Gasteiger partial charge in [0.1, 0.15) is 12.5 Å². The quantitative estimate of drug-likeness (QED) is 0.418. The summed E-state index contributed by atoms with van der Waals surface area (Å²) in [7, 11) is 0. The van der Waals surface area contributed by atoms with E-state index < -0.39 is 22.7 Å². The second-order valence-corrected chi connectivity index (χ2v) is 2.99. The molecule has 0 heterocycles. The number of hydrogen-bond donors (Lipinski definition) is 2. The molecule has 2 unspecified atom stereocenters. The molecule has 4 N–H and O–H groups in total. The standard InChI is InChI=1S/2CH5NOS/c2*1-4(2)3/h2*2H2,1H3. The van der Waals surface area contributed by atoms with E-state index in [-0.39, 0.29) is 0 Å². The first kappa shape index (κ1) is 11.4. The van der Waals surface area contributed by atoms with E-state index in [4.69, 9.17) is 0 Å². The van der Waals surface area contributed by atoms with E-state index in [1.165, 1.54) is 12.5 Å². The Bertz CT molecular complexity index is 31.5. The van der Waals surface area contributed by atoms with Gasteiger partial charge in [0.05, 0.1) is 0 Å². The van der Waals surface area contributed by atoms with Crippen LogP contribution in [0.5, 0.6) is 0 Å². The van der Waals surface area contributed by atoms with E-state index in [0.717, 1.165) is 0 Å². The third-order valence-electron chi connectivity index (χ3n) is 0. The summed E-state index contributed by atoms with van der Waals surface area (Å²) in [5.41, 5.74) is 0. The fraction of sp³-hybridized carbons (Fsp3) is 1.00. The molecule has 0 aliphatic carbocycles. The number of hydrogen-bond acceptors (Lipinski definition) is 4. The summed E-state index contributed by atoms with van der Waals surface area (Å²) in [5, 5.41) is 9.17. The Morgan fingerprint density at radius 3 is 1.00 bits per heavy atom. The molecular weight excluding hydrogens is 148 g/mol. The summed E-state index contributed by atoms with van der Waals surface area (Å²) in [6, 6.07) is 0. The van der Waals surface area contributed by atoms with Gasteiger partial charge in [0.25, 0.3) is 0 Å². The van der Waals surface area contributed by atoms with E-state index in [1.807, 2.05) is 0 Å². The normalized spacial score (nSPS) is 15.8. The van der Waals surface area contributed by atoms with Crippen molar-refractivity contribution in [2.75, 3.05) is 12.5 Å². The molecule has 4 nitrogen and oxygen atoms in total. The third kappa shape index (κ3) is 688. The SMILES string of the molecule is C[S+](N)[O-].C[S+](N)[O-].